The van der Waals surface area contributed by atoms with Crippen LogP contribution < -0.4 is 5.32 Å². The van der Waals surface area contributed by atoms with Crippen LogP contribution in [-0.2, 0) is 21.4 Å². The number of rotatable bonds is 7. The summed E-state index contributed by atoms with van der Waals surface area (Å²) in [5, 5.41) is 3.39. The van der Waals surface area contributed by atoms with Crippen LogP contribution in [0.1, 0.15) is 17.5 Å². The quantitative estimate of drug-likeness (QED) is 0.800. The molecular formula is C18H21ClN2O3S. The fourth-order valence-electron chi connectivity index (χ4n) is 2.36. The summed E-state index contributed by atoms with van der Waals surface area (Å²) in [7, 11) is -3.41. The number of halogens is 1. The van der Waals surface area contributed by atoms with Gasteiger partial charge in [0, 0.05) is 30.2 Å². The minimum absolute atomic E-state index is 0.0714. The molecule has 0 spiro atoms. The molecule has 0 bridgehead atoms. The number of benzene rings is 2. The van der Waals surface area contributed by atoms with Gasteiger partial charge in [0.05, 0.1) is 6.26 Å². The van der Waals surface area contributed by atoms with Crippen molar-refractivity contribution in [3.05, 3.63) is 64.7 Å². The van der Waals surface area contributed by atoms with Crippen molar-refractivity contribution in [1.82, 2.24) is 4.31 Å². The van der Waals surface area contributed by atoms with Crippen LogP contribution in [0.2, 0.25) is 5.02 Å². The Kier molecular flexibility index (Phi) is 6.58. The monoisotopic (exact) mass is 380 g/mol. The molecule has 0 saturated heterocycles. The average Bonchev–Trinajstić information content (AvgIpc) is 2.54. The fourth-order valence-corrected chi connectivity index (χ4v) is 3.39. The number of anilines is 1. The molecule has 0 fully saturated rings. The summed E-state index contributed by atoms with van der Waals surface area (Å²) in [4.78, 5) is 12.2. The molecule has 2 aromatic carbocycles. The van der Waals surface area contributed by atoms with Crippen molar-refractivity contribution in [2.75, 3.05) is 18.1 Å². The zero-order valence-electron chi connectivity index (χ0n) is 14.2. The van der Waals surface area contributed by atoms with Crippen molar-refractivity contribution < 1.29 is 13.2 Å². The van der Waals surface area contributed by atoms with E-state index >= 15 is 0 Å². The lowest BCUT2D eigenvalue weighted by Gasteiger charge is -2.20. The minimum Gasteiger partial charge on any atom is -0.326 e. The van der Waals surface area contributed by atoms with E-state index in [1.54, 1.807) is 18.2 Å². The molecule has 0 aliphatic carbocycles. The number of nitrogens with one attached hydrogen (secondary N) is 1. The van der Waals surface area contributed by atoms with Gasteiger partial charge in [-0.2, -0.15) is 4.31 Å². The first kappa shape index (κ1) is 19.4. The first-order valence-electron chi connectivity index (χ1n) is 7.81. The van der Waals surface area contributed by atoms with Gasteiger partial charge in [-0.05, 0) is 36.2 Å². The average molecular weight is 381 g/mol. The molecule has 2 aromatic rings. The molecule has 0 saturated carbocycles. The Morgan fingerprint density at radius 3 is 2.44 bits per heavy atom. The Morgan fingerprint density at radius 2 is 1.84 bits per heavy atom. The van der Waals surface area contributed by atoms with E-state index in [9.17, 15) is 13.2 Å². The third kappa shape index (κ3) is 6.16. The smallest absolute Gasteiger partial charge is 0.225 e. The van der Waals surface area contributed by atoms with Crippen LogP contribution in [0.4, 0.5) is 5.69 Å². The van der Waals surface area contributed by atoms with Gasteiger partial charge in [0.1, 0.15) is 0 Å². The highest BCUT2D eigenvalue weighted by atomic mass is 35.5. The van der Waals surface area contributed by atoms with E-state index in [4.69, 9.17) is 11.6 Å². The van der Waals surface area contributed by atoms with Crippen LogP contribution in [0, 0.1) is 6.92 Å². The maximum absolute atomic E-state index is 12.2. The van der Waals surface area contributed by atoms with E-state index in [2.05, 4.69) is 5.32 Å². The number of carbonyl (C=O) groups is 1. The summed E-state index contributed by atoms with van der Waals surface area (Å²) < 4.78 is 25.3. The van der Waals surface area contributed by atoms with E-state index in [0.717, 1.165) is 17.4 Å². The van der Waals surface area contributed by atoms with Crippen molar-refractivity contribution in [1.29, 1.82) is 0 Å². The number of hydrogen-bond donors (Lipinski definition) is 1. The summed E-state index contributed by atoms with van der Waals surface area (Å²) in [6, 6.07) is 14.5. The van der Waals surface area contributed by atoms with Gasteiger partial charge in [-0.1, -0.05) is 41.9 Å². The number of aryl methyl sites for hydroxylation is 1. The third-order valence-corrected chi connectivity index (χ3v) is 5.21. The van der Waals surface area contributed by atoms with Crippen molar-refractivity contribution in [3.63, 3.8) is 0 Å². The maximum atomic E-state index is 12.2. The number of sulfonamides is 1. The second kappa shape index (κ2) is 8.47. The number of nitrogens with zero attached hydrogens (tertiary/aromatic N) is 1. The Bertz CT molecular complexity index is 839. The lowest BCUT2D eigenvalue weighted by Crippen LogP contribution is -2.32. The molecule has 0 atom stereocenters. The second-order valence-electron chi connectivity index (χ2n) is 5.84. The summed E-state index contributed by atoms with van der Waals surface area (Å²) in [6.45, 7) is 2.21. The zero-order chi connectivity index (χ0) is 18.4. The Labute approximate surface area is 153 Å². The molecule has 134 valence electrons. The van der Waals surface area contributed by atoms with Crippen molar-refractivity contribution in [2.45, 2.75) is 19.9 Å². The van der Waals surface area contributed by atoms with E-state index < -0.39 is 10.0 Å². The van der Waals surface area contributed by atoms with Gasteiger partial charge in [0.2, 0.25) is 15.9 Å². The number of carbonyl (C=O) groups excluding carboxylic acids is 1. The highest BCUT2D eigenvalue weighted by molar-refractivity contribution is 7.88. The molecule has 1 amide bonds. The largest absolute Gasteiger partial charge is 0.326 e. The van der Waals surface area contributed by atoms with Crippen LogP contribution in [-0.4, -0.2) is 31.4 Å². The summed E-state index contributed by atoms with van der Waals surface area (Å²) in [5.74, 6) is -0.243. The summed E-state index contributed by atoms with van der Waals surface area (Å²) in [6.07, 6.45) is 1.22. The lowest BCUT2D eigenvalue weighted by molar-refractivity contribution is -0.116. The van der Waals surface area contributed by atoms with Gasteiger partial charge in [-0.3, -0.25) is 4.79 Å². The van der Waals surface area contributed by atoms with E-state index in [0.29, 0.717) is 10.7 Å². The molecule has 7 heteroatoms. The number of amides is 1. The summed E-state index contributed by atoms with van der Waals surface area (Å²) in [5.41, 5.74) is 2.40. The predicted octanol–water partition coefficient (Wildman–Crippen LogP) is 3.44. The molecule has 0 aliphatic heterocycles. The van der Waals surface area contributed by atoms with E-state index in [1.165, 1.54) is 4.31 Å². The normalized spacial score (nSPS) is 11.5. The molecule has 25 heavy (non-hydrogen) atoms. The highest BCUT2D eigenvalue weighted by Gasteiger charge is 2.18. The maximum Gasteiger partial charge on any atom is 0.225 e. The van der Waals surface area contributed by atoms with Crippen LogP contribution in [0.25, 0.3) is 0 Å². The van der Waals surface area contributed by atoms with Crippen LogP contribution >= 0.6 is 11.6 Å². The lowest BCUT2D eigenvalue weighted by atomic mass is 10.2. The standard InChI is InChI=1S/C18H21ClN2O3S/c1-14-12-16(19)8-9-17(14)20-18(22)10-11-21(25(2,23)24)13-15-6-4-3-5-7-15/h3-9,12H,10-11,13H2,1-2H3,(H,20,22). The van der Waals surface area contributed by atoms with Crippen LogP contribution in [0.15, 0.2) is 48.5 Å². The van der Waals surface area contributed by atoms with E-state index in [1.807, 2.05) is 37.3 Å². The van der Waals surface area contributed by atoms with Gasteiger partial charge in [-0.25, -0.2) is 8.42 Å². The van der Waals surface area contributed by atoms with Crippen LogP contribution in [0.5, 0.6) is 0 Å². The fraction of sp³-hybridized carbons (Fsp3) is 0.278. The van der Waals surface area contributed by atoms with Gasteiger partial charge in [-0.15, -0.1) is 0 Å². The minimum atomic E-state index is -3.41. The van der Waals surface area contributed by atoms with Gasteiger partial charge in [0.15, 0.2) is 0 Å². The molecule has 0 radical (unpaired) electrons. The molecule has 5 nitrogen and oxygen atoms in total. The SMILES string of the molecule is Cc1cc(Cl)ccc1NC(=O)CCN(Cc1ccccc1)S(C)(=O)=O. The highest BCUT2D eigenvalue weighted by Crippen LogP contribution is 2.19. The van der Waals surface area contributed by atoms with Gasteiger partial charge < -0.3 is 5.32 Å². The molecule has 0 heterocycles. The molecule has 1 N–H and O–H groups in total. The second-order valence-corrected chi connectivity index (χ2v) is 8.26. The Hall–Kier alpha value is -1.89. The topological polar surface area (TPSA) is 66.5 Å². The third-order valence-electron chi connectivity index (χ3n) is 3.72. The number of hydrogen-bond acceptors (Lipinski definition) is 3. The first-order chi connectivity index (χ1) is 11.8. The predicted molar refractivity (Wildman–Crippen MR) is 101 cm³/mol. The molecule has 0 aromatic heterocycles. The first-order valence-corrected chi connectivity index (χ1v) is 10.0. The molecular weight excluding hydrogens is 360 g/mol. The van der Waals surface area contributed by atoms with Crippen molar-refractivity contribution in [3.8, 4) is 0 Å². The molecule has 0 unspecified atom stereocenters. The summed E-state index contributed by atoms with van der Waals surface area (Å²) >= 11 is 5.90. The van der Waals surface area contributed by atoms with Crippen molar-refractivity contribution >= 4 is 33.2 Å². The molecule has 2 rings (SSSR count). The Morgan fingerprint density at radius 1 is 1.16 bits per heavy atom. The van der Waals surface area contributed by atoms with E-state index in [-0.39, 0.29) is 25.4 Å². The van der Waals surface area contributed by atoms with Gasteiger partial charge >= 0.3 is 0 Å². The molecule has 0 aliphatic rings. The van der Waals surface area contributed by atoms with Crippen LogP contribution in [0.3, 0.4) is 0 Å². The zero-order valence-corrected chi connectivity index (χ0v) is 15.8. The van der Waals surface area contributed by atoms with Crippen molar-refractivity contribution in [2.24, 2.45) is 0 Å². The van der Waals surface area contributed by atoms with Gasteiger partial charge in [0.25, 0.3) is 0 Å². The Balaban J connectivity index is 1.99.